The van der Waals surface area contributed by atoms with Crippen LogP contribution in [-0.2, 0) is 0 Å². The first kappa shape index (κ1) is 10.3. The number of hydrogen-bond donors (Lipinski definition) is 1. The van der Waals surface area contributed by atoms with Gasteiger partial charge in [-0.25, -0.2) is 9.37 Å². The van der Waals surface area contributed by atoms with Crippen LogP contribution in [0.3, 0.4) is 0 Å². The van der Waals surface area contributed by atoms with E-state index in [9.17, 15) is 9.50 Å². The average Bonchev–Trinajstić information content (AvgIpc) is 2.10. The summed E-state index contributed by atoms with van der Waals surface area (Å²) in [6, 6.07) is 1.45. The van der Waals surface area contributed by atoms with E-state index in [2.05, 4.69) is 20.9 Å². The van der Waals surface area contributed by atoms with Gasteiger partial charge in [0.05, 0.1) is 0 Å². The molecule has 2 nitrogen and oxygen atoms in total. The molecule has 0 saturated carbocycles. The normalized spacial score (nSPS) is 13.5. The predicted octanol–water partition coefficient (Wildman–Crippen LogP) is 2.59. The average molecular weight is 246 g/mol. The lowest BCUT2D eigenvalue weighted by Gasteiger charge is -2.07. The Morgan fingerprint density at radius 2 is 2.38 bits per heavy atom. The lowest BCUT2D eigenvalue weighted by molar-refractivity contribution is 0.222. The van der Waals surface area contributed by atoms with Crippen molar-refractivity contribution < 1.29 is 9.50 Å². The number of rotatable bonds is 2. The number of aliphatic hydroxyl groups is 1. The molecule has 0 aliphatic carbocycles. The van der Waals surface area contributed by atoms with Crippen LogP contribution in [0.1, 0.15) is 18.6 Å². The van der Waals surface area contributed by atoms with Crippen molar-refractivity contribution in [2.24, 2.45) is 0 Å². The van der Waals surface area contributed by atoms with Gasteiger partial charge in [0.25, 0.3) is 0 Å². The molecule has 1 N–H and O–H groups in total. The SMILES string of the molecule is C/C=C/C(O)c1ccnc(Br)c1F. The van der Waals surface area contributed by atoms with Crippen LogP contribution in [0.15, 0.2) is 29.0 Å². The Balaban J connectivity index is 3.07. The maximum absolute atomic E-state index is 13.3. The maximum atomic E-state index is 13.3. The zero-order valence-corrected chi connectivity index (χ0v) is 8.62. The summed E-state index contributed by atoms with van der Waals surface area (Å²) in [4.78, 5) is 3.69. The maximum Gasteiger partial charge on any atom is 0.162 e. The van der Waals surface area contributed by atoms with Crippen molar-refractivity contribution >= 4 is 15.9 Å². The summed E-state index contributed by atoms with van der Waals surface area (Å²) in [6.07, 6.45) is 3.70. The number of nitrogens with zero attached hydrogens (tertiary/aromatic N) is 1. The van der Waals surface area contributed by atoms with Crippen molar-refractivity contribution in [2.45, 2.75) is 13.0 Å². The third-order valence-electron chi connectivity index (χ3n) is 1.57. The Morgan fingerprint density at radius 1 is 1.69 bits per heavy atom. The summed E-state index contributed by atoms with van der Waals surface area (Å²) < 4.78 is 13.4. The molecule has 0 aromatic carbocycles. The Bertz CT molecular complexity index is 327. The monoisotopic (exact) mass is 245 g/mol. The van der Waals surface area contributed by atoms with Crippen LogP contribution < -0.4 is 0 Å². The van der Waals surface area contributed by atoms with E-state index < -0.39 is 11.9 Å². The number of allylic oxidation sites excluding steroid dienone is 1. The molecule has 0 bridgehead atoms. The minimum Gasteiger partial charge on any atom is -0.384 e. The van der Waals surface area contributed by atoms with E-state index in [1.54, 1.807) is 13.0 Å². The van der Waals surface area contributed by atoms with Gasteiger partial charge in [0.1, 0.15) is 10.7 Å². The van der Waals surface area contributed by atoms with Crippen molar-refractivity contribution in [2.75, 3.05) is 0 Å². The zero-order chi connectivity index (χ0) is 9.84. The van der Waals surface area contributed by atoms with Crippen molar-refractivity contribution in [3.63, 3.8) is 0 Å². The van der Waals surface area contributed by atoms with Crippen molar-refractivity contribution in [3.05, 3.63) is 40.4 Å². The van der Waals surface area contributed by atoms with Crippen LogP contribution in [0, 0.1) is 5.82 Å². The largest absolute Gasteiger partial charge is 0.384 e. The fourth-order valence-corrected chi connectivity index (χ4v) is 1.29. The number of hydrogen-bond acceptors (Lipinski definition) is 2. The minimum absolute atomic E-state index is 0.119. The summed E-state index contributed by atoms with van der Waals surface area (Å²) in [6.45, 7) is 1.76. The number of aromatic nitrogens is 1. The van der Waals surface area contributed by atoms with Crippen LogP contribution >= 0.6 is 15.9 Å². The van der Waals surface area contributed by atoms with Crippen molar-refractivity contribution in [3.8, 4) is 0 Å². The Labute approximate surface area is 84.2 Å². The molecule has 1 aromatic rings. The molecular weight excluding hydrogens is 237 g/mol. The standard InChI is InChI=1S/C9H9BrFNO/c1-2-3-7(13)6-4-5-12-9(10)8(6)11/h2-5,7,13H,1H3/b3-2+. The second-order valence-electron chi connectivity index (χ2n) is 2.48. The number of pyridine rings is 1. The summed E-state index contributed by atoms with van der Waals surface area (Å²) >= 11 is 2.94. The molecule has 0 amide bonds. The predicted molar refractivity (Wildman–Crippen MR) is 51.7 cm³/mol. The molecule has 0 radical (unpaired) electrons. The molecule has 1 rings (SSSR count). The highest BCUT2D eigenvalue weighted by Crippen LogP contribution is 2.22. The molecule has 0 spiro atoms. The van der Waals surface area contributed by atoms with E-state index in [-0.39, 0.29) is 10.2 Å². The lowest BCUT2D eigenvalue weighted by Crippen LogP contribution is -1.99. The summed E-state index contributed by atoms with van der Waals surface area (Å²) in [5.41, 5.74) is 0.222. The first-order valence-electron chi connectivity index (χ1n) is 3.77. The van der Waals surface area contributed by atoms with Crippen LogP contribution in [0.2, 0.25) is 0 Å². The van der Waals surface area contributed by atoms with Gasteiger partial charge in [0.2, 0.25) is 0 Å². The molecule has 70 valence electrons. The fraction of sp³-hybridized carbons (Fsp3) is 0.222. The van der Waals surface area contributed by atoms with Crippen LogP contribution in [0.4, 0.5) is 4.39 Å². The summed E-state index contributed by atoms with van der Waals surface area (Å²) in [5.74, 6) is -0.520. The minimum atomic E-state index is -0.913. The first-order chi connectivity index (χ1) is 6.16. The molecule has 4 heteroatoms. The van der Waals surface area contributed by atoms with E-state index in [1.807, 2.05) is 0 Å². The van der Waals surface area contributed by atoms with Gasteiger partial charge in [-0.2, -0.15) is 0 Å². The quantitative estimate of drug-likeness (QED) is 0.642. The molecule has 1 heterocycles. The topological polar surface area (TPSA) is 33.1 Å². The van der Waals surface area contributed by atoms with Gasteiger partial charge >= 0.3 is 0 Å². The van der Waals surface area contributed by atoms with E-state index in [1.165, 1.54) is 18.3 Å². The third kappa shape index (κ3) is 2.35. The van der Waals surface area contributed by atoms with Crippen LogP contribution in [-0.4, -0.2) is 10.1 Å². The van der Waals surface area contributed by atoms with Gasteiger partial charge in [0, 0.05) is 11.8 Å². The summed E-state index contributed by atoms with van der Waals surface area (Å²) in [5, 5.41) is 9.45. The highest BCUT2D eigenvalue weighted by atomic mass is 79.9. The molecule has 1 atom stereocenters. The lowest BCUT2D eigenvalue weighted by atomic mass is 10.1. The highest BCUT2D eigenvalue weighted by molar-refractivity contribution is 9.10. The Hall–Kier alpha value is -0.740. The summed E-state index contributed by atoms with van der Waals surface area (Å²) in [7, 11) is 0. The number of aliphatic hydroxyl groups excluding tert-OH is 1. The first-order valence-corrected chi connectivity index (χ1v) is 4.57. The molecule has 0 aliphatic rings. The van der Waals surface area contributed by atoms with Gasteiger partial charge in [-0.3, -0.25) is 0 Å². The molecule has 13 heavy (non-hydrogen) atoms. The third-order valence-corrected chi connectivity index (χ3v) is 2.12. The van der Waals surface area contributed by atoms with E-state index in [0.29, 0.717) is 0 Å². The molecule has 1 aromatic heterocycles. The van der Waals surface area contributed by atoms with Gasteiger partial charge in [-0.1, -0.05) is 12.2 Å². The van der Waals surface area contributed by atoms with E-state index in [0.717, 1.165) is 0 Å². The molecule has 0 aliphatic heterocycles. The van der Waals surface area contributed by atoms with Crippen molar-refractivity contribution in [1.82, 2.24) is 4.98 Å². The van der Waals surface area contributed by atoms with Crippen molar-refractivity contribution in [1.29, 1.82) is 0 Å². The molecule has 1 unspecified atom stereocenters. The Morgan fingerprint density at radius 3 is 3.00 bits per heavy atom. The molecular formula is C9H9BrFNO. The van der Waals surface area contributed by atoms with E-state index >= 15 is 0 Å². The smallest absolute Gasteiger partial charge is 0.162 e. The molecule has 0 saturated heterocycles. The van der Waals surface area contributed by atoms with E-state index in [4.69, 9.17) is 0 Å². The zero-order valence-electron chi connectivity index (χ0n) is 7.04. The second-order valence-corrected chi connectivity index (χ2v) is 3.23. The van der Waals surface area contributed by atoms with Gasteiger partial charge < -0.3 is 5.11 Å². The van der Waals surface area contributed by atoms with Gasteiger partial charge in [0.15, 0.2) is 5.82 Å². The van der Waals surface area contributed by atoms with Gasteiger partial charge in [-0.15, -0.1) is 0 Å². The molecule has 0 fully saturated rings. The van der Waals surface area contributed by atoms with Gasteiger partial charge in [-0.05, 0) is 28.9 Å². The highest BCUT2D eigenvalue weighted by Gasteiger charge is 2.12. The van der Waals surface area contributed by atoms with Crippen LogP contribution in [0.5, 0.6) is 0 Å². The number of halogens is 2. The fourth-order valence-electron chi connectivity index (χ4n) is 0.946. The Kier molecular flexibility index (Phi) is 3.57. The second kappa shape index (κ2) is 4.48. The van der Waals surface area contributed by atoms with Crippen LogP contribution in [0.25, 0.3) is 0 Å².